The maximum absolute atomic E-state index is 11.8. The van der Waals surface area contributed by atoms with E-state index in [2.05, 4.69) is 40.4 Å². The number of nitrogens with zero attached hydrogens (tertiary/aromatic N) is 2. The number of likely N-dealkylation sites (tertiary alicyclic amines) is 1. The molecule has 0 radical (unpaired) electrons. The summed E-state index contributed by atoms with van der Waals surface area (Å²) in [5, 5.41) is 6.18. The fourth-order valence-electron chi connectivity index (χ4n) is 3.97. The first kappa shape index (κ1) is 23.7. The zero-order chi connectivity index (χ0) is 19.0. The van der Waals surface area contributed by atoms with Crippen LogP contribution in [0.1, 0.15) is 55.5 Å². The molecule has 1 heterocycles. The van der Waals surface area contributed by atoms with E-state index in [1.54, 1.807) is 7.05 Å². The molecule has 2 N–H and O–H groups in total. The number of nitrogens with one attached hydrogen (secondary N) is 2. The number of halogens is 1. The van der Waals surface area contributed by atoms with Gasteiger partial charge < -0.3 is 15.5 Å². The molecule has 0 saturated carbocycles. The maximum atomic E-state index is 11.8. The second-order valence-electron chi connectivity index (χ2n) is 7.59. The summed E-state index contributed by atoms with van der Waals surface area (Å²) in [6, 6.07) is 7.81. The van der Waals surface area contributed by atoms with Gasteiger partial charge in [0.15, 0.2) is 5.96 Å². The van der Waals surface area contributed by atoms with Crippen LogP contribution in [0.25, 0.3) is 0 Å². The Morgan fingerprint density at radius 1 is 1.37 bits per heavy atom. The molecule has 6 heteroatoms. The lowest BCUT2D eigenvalue weighted by Gasteiger charge is -2.42. The molecular formula is C21H35IN4O. The molecule has 0 spiro atoms. The van der Waals surface area contributed by atoms with Crippen LogP contribution in [0.4, 0.5) is 0 Å². The molecule has 1 unspecified atom stereocenters. The molecule has 0 aromatic heterocycles. The highest BCUT2D eigenvalue weighted by Crippen LogP contribution is 2.33. The number of amides is 1. The zero-order valence-electron chi connectivity index (χ0n) is 17.2. The summed E-state index contributed by atoms with van der Waals surface area (Å²) in [6.45, 7) is 7.63. The molecule has 152 valence electrons. The fourth-order valence-corrected chi connectivity index (χ4v) is 3.97. The average Bonchev–Trinajstić information content (AvgIpc) is 2.64. The second kappa shape index (κ2) is 11.5. The van der Waals surface area contributed by atoms with Gasteiger partial charge >= 0.3 is 0 Å². The van der Waals surface area contributed by atoms with Gasteiger partial charge in [-0.3, -0.25) is 9.79 Å². The number of aliphatic imine (C=N–C) groups is 1. The first-order valence-electron chi connectivity index (χ1n) is 9.78. The Balaban J connectivity index is 0.00000364. The van der Waals surface area contributed by atoms with E-state index in [0.29, 0.717) is 11.0 Å². The number of hydrogen-bond donors (Lipinski definition) is 2. The van der Waals surface area contributed by atoms with E-state index < -0.39 is 0 Å². The normalized spacial score (nSPS) is 20.0. The van der Waals surface area contributed by atoms with Gasteiger partial charge in [-0.15, -0.1) is 24.0 Å². The van der Waals surface area contributed by atoms with Crippen molar-refractivity contribution in [2.45, 2.75) is 46.0 Å². The van der Waals surface area contributed by atoms with Crippen molar-refractivity contribution < 1.29 is 4.79 Å². The highest BCUT2D eigenvalue weighted by atomic mass is 127. The Hall–Kier alpha value is -1.31. The minimum atomic E-state index is -0.0425. The van der Waals surface area contributed by atoms with Gasteiger partial charge in [-0.05, 0) is 48.8 Å². The lowest BCUT2D eigenvalue weighted by atomic mass is 9.78. The molecule has 2 rings (SSSR count). The Morgan fingerprint density at radius 2 is 2.15 bits per heavy atom. The van der Waals surface area contributed by atoms with Crippen molar-refractivity contribution in [1.82, 2.24) is 15.5 Å². The van der Waals surface area contributed by atoms with Gasteiger partial charge in [0, 0.05) is 39.3 Å². The van der Waals surface area contributed by atoms with Gasteiger partial charge in [0.2, 0.25) is 0 Å². The SMILES string of the molecule is CCCC1(C)CCCN(C(=NC)NCCc2cccc(C(=O)NC)c2)C1.I. The Morgan fingerprint density at radius 3 is 2.81 bits per heavy atom. The molecule has 1 saturated heterocycles. The molecule has 27 heavy (non-hydrogen) atoms. The number of hydrogen-bond acceptors (Lipinski definition) is 2. The van der Waals surface area contributed by atoms with E-state index in [0.717, 1.165) is 37.6 Å². The summed E-state index contributed by atoms with van der Waals surface area (Å²) in [5.41, 5.74) is 2.26. The van der Waals surface area contributed by atoms with Crippen LogP contribution >= 0.6 is 24.0 Å². The molecular weight excluding hydrogens is 451 g/mol. The van der Waals surface area contributed by atoms with E-state index >= 15 is 0 Å². The number of piperidine rings is 1. The third kappa shape index (κ3) is 6.97. The summed E-state index contributed by atoms with van der Waals surface area (Å²) >= 11 is 0. The van der Waals surface area contributed by atoms with Crippen molar-refractivity contribution in [3.63, 3.8) is 0 Å². The van der Waals surface area contributed by atoms with Crippen LogP contribution < -0.4 is 10.6 Å². The number of guanidine groups is 1. The molecule has 1 aromatic carbocycles. The molecule has 0 aliphatic carbocycles. The van der Waals surface area contributed by atoms with Gasteiger partial charge in [0.05, 0.1) is 0 Å². The van der Waals surface area contributed by atoms with Crippen LogP contribution in [0.5, 0.6) is 0 Å². The van der Waals surface area contributed by atoms with Crippen LogP contribution in [-0.2, 0) is 6.42 Å². The van der Waals surface area contributed by atoms with Crippen molar-refractivity contribution in [3.05, 3.63) is 35.4 Å². The van der Waals surface area contributed by atoms with Crippen molar-refractivity contribution in [1.29, 1.82) is 0 Å². The molecule has 5 nitrogen and oxygen atoms in total. The smallest absolute Gasteiger partial charge is 0.251 e. The third-order valence-corrected chi connectivity index (χ3v) is 5.26. The predicted octanol–water partition coefficient (Wildman–Crippen LogP) is 3.68. The van der Waals surface area contributed by atoms with Crippen molar-refractivity contribution in [2.24, 2.45) is 10.4 Å². The van der Waals surface area contributed by atoms with Crippen molar-refractivity contribution >= 4 is 35.8 Å². The van der Waals surface area contributed by atoms with E-state index in [4.69, 9.17) is 0 Å². The van der Waals surface area contributed by atoms with E-state index in [1.807, 2.05) is 25.2 Å². The molecule has 1 atom stereocenters. The minimum absolute atomic E-state index is 0. The number of carbonyl (C=O) groups excluding carboxylic acids is 1. The summed E-state index contributed by atoms with van der Waals surface area (Å²) < 4.78 is 0. The lowest BCUT2D eigenvalue weighted by Crippen LogP contribution is -2.50. The number of carbonyl (C=O) groups is 1. The van der Waals surface area contributed by atoms with Gasteiger partial charge in [0.25, 0.3) is 5.91 Å². The molecule has 1 fully saturated rings. The topological polar surface area (TPSA) is 56.7 Å². The molecule has 0 bridgehead atoms. The third-order valence-electron chi connectivity index (χ3n) is 5.26. The van der Waals surface area contributed by atoms with Crippen LogP contribution in [0.15, 0.2) is 29.3 Å². The van der Waals surface area contributed by atoms with Crippen molar-refractivity contribution in [3.8, 4) is 0 Å². The van der Waals surface area contributed by atoms with Crippen molar-refractivity contribution in [2.75, 3.05) is 33.7 Å². The highest BCUT2D eigenvalue weighted by Gasteiger charge is 2.31. The average molecular weight is 486 g/mol. The Bertz CT molecular complexity index is 630. The maximum Gasteiger partial charge on any atom is 0.251 e. The van der Waals surface area contributed by atoms with E-state index in [-0.39, 0.29) is 29.9 Å². The largest absolute Gasteiger partial charge is 0.356 e. The van der Waals surface area contributed by atoms with Gasteiger partial charge in [0.1, 0.15) is 0 Å². The van der Waals surface area contributed by atoms with E-state index in [1.165, 1.54) is 25.7 Å². The number of benzene rings is 1. The van der Waals surface area contributed by atoms with Crippen LogP contribution in [-0.4, -0.2) is 50.5 Å². The van der Waals surface area contributed by atoms with Gasteiger partial charge in [-0.2, -0.15) is 0 Å². The summed E-state index contributed by atoms with van der Waals surface area (Å²) in [5.74, 6) is 0.952. The first-order chi connectivity index (χ1) is 12.5. The summed E-state index contributed by atoms with van der Waals surface area (Å²) in [4.78, 5) is 18.7. The minimum Gasteiger partial charge on any atom is -0.356 e. The van der Waals surface area contributed by atoms with Gasteiger partial charge in [-0.25, -0.2) is 0 Å². The van der Waals surface area contributed by atoms with Crippen LogP contribution in [0.2, 0.25) is 0 Å². The lowest BCUT2D eigenvalue weighted by molar-refractivity contribution is 0.0963. The second-order valence-corrected chi connectivity index (χ2v) is 7.59. The zero-order valence-corrected chi connectivity index (χ0v) is 19.5. The molecule has 1 aliphatic rings. The Kier molecular flexibility index (Phi) is 10.1. The summed E-state index contributed by atoms with van der Waals surface area (Å²) in [6.07, 6.45) is 5.90. The quantitative estimate of drug-likeness (QED) is 0.367. The fraction of sp³-hybridized carbons (Fsp3) is 0.619. The monoisotopic (exact) mass is 486 g/mol. The summed E-state index contributed by atoms with van der Waals surface area (Å²) in [7, 11) is 3.52. The highest BCUT2D eigenvalue weighted by molar-refractivity contribution is 14.0. The Labute approximate surface area is 181 Å². The predicted molar refractivity (Wildman–Crippen MR) is 124 cm³/mol. The van der Waals surface area contributed by atoms with Crippen LogP contribution in [0, 0.1) is 5.41 Å². The molecule has 1 aromatic rings. The number of rotatable bonds is 6. The van der Waals surface area contributed by atoms with Gasteiger partial charge in [-0.1, -0.05) is 32.4 Å². The van der Waals surface area contributed by atoms with E-state index in [9.17, 15) is 4.79 Å². The van der Waals surface area contributed by atoms with Crippen LogP contribution in [0.3, 0.4) is 0 Å². The molecule has 1 amide bonds. The first-order valence-corrected chi connectivity index (χ1v) is 9.78. The molecule has 1 aliphatic heterocycles. The standard InChI is InChI=1S/C21H34N4O.HI/c1-5-11-21(2)12-7-14-25(16-21)20(23-4)24-13-10-17-8-6-9-18(15-17)19(26)22-3;/h6,8-9,15H,5,7,10-14,16H2,1-4H3,(H,22,26)(H,23,24);1H.